The Hall–Kier alpha value is -3.86. The minimum Gasteiger partial charge on any atom is -0.496 e. The number of para-hydroxylation sites is 2. The van der Waals surface area contributed by atoms with E-state index >= 15 is 0 Å². The Morgan fingerprint density at radius 3 is 2.37 bits per heavy atom. The molecule has 3 aromatic rings. The van der Waals surface area contributed by atoms with Gasteiger partial charge in [-0.3, -0.25) is 9.59 Å². The van der Waals surface area contributed by atoms with Crippen molar-refractivity contribution in [2.75, 3.05) is 19.1 Å². The van der Waals surface area contributed by atoms with E-state index in [1.807, 2.05) is 54.6 Å². The molecule has 0 aliphatic carbocycles. The van der Waals surface area contributed by atoms with E-state index < -0.39 is 0 Å². The second kappa shape index (κ2) is 10.1. The van der Waals surface area contributed by atoms with Crippen LogP contribution in [0, 0.1) is 0 Å². The van der Waals surface area contributed by atoms with Gasteiger partial charge in [-0.2, -0.15) is 0 Å². The van der Waals surface area contributed by atoms with Gasteiger partial charge in [0.25, 0.3) is 11.8 Å². The minimum atomic E-state index is -0.246. The molecule has 0 aliphatic rings. The maximum Gasteiger partial charge on any atom is 0.253 e. The third-order valence-electron chi connectivity index (χ3n) is 4.68. The first-order valence-corrected chi connectivity index (χ1v) is 9.60. The van der Waals surface area contributed by atoms with Crippen LogP contribution >= 0.6 is 0 Å². The lowest BCUT2D eigenvalue weighted by atomic mass is 10.1. The number of hydrogen-bond donors (Lipinski definition) is 1. The number of hydrogen-bond acceptors (Lipinski definition) is 3. The zero-order valence-corrected chi connectivity index (χ0v) is 17.0. The van der Waals surface area contributed by atoms with Gasteiger partial charge in [0.05, 0.1) is 18.4 Å². The molecule has 3 aromatic carbocycles. The molecule has 0 spiro atoms. The molecule has 0 radical (unpaired) electrons. The van der Waals surface area contributed by atoms with E-state index in [2.05, 4.69) is 5.32 Å². The molecule has 0 heterocycles. The summed E-state index contributed by atoms with van der Waals surface area (Å²) in [4.78, 5) is 26.9. The minimum absolute atomic E-state index is 0.234. The smallest absolute Gasteiger partial charge is 0.253 e. The van der Waals surface area contributed by atoms with E-state index in [4.69, 9.17) is 4.74 Å². The predicted molar refractivity (Wildman–Crippen MR) is 119 cm³/mol. The molecule has 2 amide bonds. The normalized spacial score (nSPS) is 10.6. The molecular formula is C25H24N2O3. The number of nitrogens with zero attached hydrogens (tertiary/aromatic N) is 1. The quantitative estimate of drug-likeness (QED) is 0.602. The number of methoxy groups -OCH3 is 1. The van der Waals surface area contributed by atoms with Gasteiger partial charge >= 0.3 is 0 Å². The average molecular weight is 400 g/mol. The Kier molecular flexibility index (Phi) is 7.00. The number of ether oxygens (including phenoxy) is 1. The summed E-state index contributed by atoms with van der Waals surface area (Å²) < 4.78 is 5.31. The van der Waals surface area contributed by atoms with E-state index in [1.165, 1.54) is 11.0 Å². The van der Waals surface area contributed by atoms with Gasteiger partial charge in [0.1, 0.15) is 5.75 Å². The summed E-state index contributed by atoms with van der Waals surface area (Å²) >= 11 is 0. The maximum atomic E-state index is 12.7. The van der Waals surface area contributed by atoms with Crippen LogP contribution in [0.25, 0.3) is 6.08 Å². The lowest BCUT2D eigenvalue weighted by molar-refractivity contribution is -0.113. The van der Waals surface area contributed by atoms with Crippen molar-refractivity contribution in [3.05, 3.63) is 102 Å². The lowest BCUT2D eigenvalue weighted by Gasteiger charge is -2.19. The number of amides is 2. The molecule has 0 saturated carbocycles. The van der Waals surface area contributed by atoms with Crippen LogP contribution in [0.2, 0.25) is 0 Å². The van der Waals surface area contributed by atoms with Crippen LogP contribution < -0.4 is 15.0 Å². The fraction of sp³-hybridized carbons (Fsp3) is 0.120. The molecule has 1 N–H and O–H groups in total. The molecule has 5 heteroatoms. The molecule has 3 rings (SSSR count). The Labute approximate surface area is 176 Å². The topological polar surface area (TPSA) is 58.6 Å². The highest BCUT2D eigenvalue weighted by atomic mass is 16.5. The second-order valence-electron chi connectivity index (χ2n) is 6.66. The van der Waals surface area contributed by atoms with Crippen molar-refractivity contribution < 1.29 is 14.3 Å². The van der Waals surface area contributed by atoms with Crippen LogP contribution in [-0.4, -0.2) is 26.0 Å². The van der Waals surface area contributed by atoms with Crippen molar-refractivity contribution in [1.29, 1.82) is 0 Å². The zero-order valence-electron chi connectivity index (χ0n) is 17.0. The van der Waals surface area contributed by atoms with Crippen molar-refractivity contribution in [3.63, 3.8) is 0 Å². The van der Waals surface area contributed by atoms with Crippen LogP contribution in [-0.2, 0) is 11.3 Å². The standard InChI is InChI=1S/C25H24N2O3/c1-27(24(28)17-16-20-12-6-9-15-23(20)30-2)22-14-8-7-13-21(22)25(29)26-18-19-10-4-3-5-11-19/h3-17H,18H2,1-2H3,(H,26,29). The van der Waals surface area contributed by atoms with Crippen LogP contribution in [0.3, 0.4) is 0 Å². The van der Waals surface area contributed by atoms with E-state index in [9.17, 15) is 9.59 Å². The molecule has 0 unspecified atom stereocenters. The predicted octanol–water partition coefficient (Wildman–Crippen LogP) is 4.30. The van der Waals surface area contributed by atoms with Crippen molar-refractivity contribution in [2.24, 2.45) is 0 Å². The first-order valence-electron chi connectivity index (χ1n) is 9.60. The highest BCUT2D eigenvalue weighted by Gasteiger charge is 2.17. The lowest BCUT2D eigenvalue weighted by Crippen LogP contribution is -2.29. The molecule has 0 aromatic heterocycles. The summed E-state index contributed by atoms with van der Waals surface area (Å²) in [5.74, 6) is 0.205. The zero-order chi connectivity index (χ0) is 21.3. The number of likely N-dealkylation sites (N-methyl/N-ethyl adjacent to an activating group) is 1. The first-order chi connectivity index (χ1) is 14.6. The van der Waals surface area contributed by atoms with Gasteiger partial charge in [-0.05, 0) is 29.8 Å². The summed E-state index contributed by atoms with van der Waals surface area (Å²) in [7, 11) is 3.24. The summed E-state index contributed by atoms with van der Waals surface area (Å²) in [5.41, 5.74) is 2.79. The van der Waals surface area contributed by atoms with Crippen molar-refractivity contribution in [2.45, 2.75) is 6.54 Å². The van der Waals surface area contributed by atoms with E-state index in [1.54, 1.807) is 44.5 Å². The highest BCUT2D eigenvalue weighted by Crippen LogP contribution is 2.22. The van der Waals surface area contributed by atoms with Crippen LogP contribution in [0.15, 0.2) is 84.9 Å². The molecule has 0 saturated heterocycles. The molecule has 0 aliphatic heterocycles. The number of rotatable bonds is 7. The van der Waals surface area contributed by atoms with Gasteiger partial charge in [-0.25, -0.2) is 0 Å². The van der Waals surface area contributed by atoms with Gasteiger partial charge in [-0.15, -0.1) is 0 Å². The molecule has 0 bridgehead atoms. The largest absolute Gasteiger partial charge is 0.496 e. The Bertz CT molecular complexity index is 1050. The molecule has 30 heavy (non-hydrogen) atoms. The second-order valence-corrected chi connectivity index (χ2v) is 6.66. The number of nitrogens with one attached hydrogen (secondary N) is 1. The molecular weight excluding hydrogens is 376 g/mol. The fourth-order valence-electron chi connectivity index (χ4n) is 3.03. The summed E-state index contributed by atoms with van der Waals surface area (Å²) in [6.07, 6.45) is 3.17. The monoisotopic (exact) mass is 400 g/mol. The molecule has 0 fully saturated rings. The van der Waals surface area contributed by atoms with E-state index in [0.29, 0.717) is 23.5 Å². The highest BCUT2D eigenvalue weighted by molar-refractivity contribution is 6.08. The third kappa shape index (κ3) is 5.14. The van der Waals surface area contributed by atoms with Crippen LogP contribution in [0.4, 0.5) is 5.69 Å². The van der Waals surface area contributed by atoms with E-state index in [0.717, 1.165) is 11.1 Å². The van der Waals surface area contributed by atoms with Gasteiger partial charge in [0.15, 0.2) is 0 Å². The Balaban J connectivity index is 1.74. The number of carbonyl (C=O) groups excluding carboxylic acids is 2. The Morgan fingerprint density at radius 2 is 1.60 bits per heavy atom. The molecule has 0 atom stereocenters. The van der Waals surface area contributed by atoms with Gasteiger partial charge in [0.2, 0.25) is 0 Å². The van der Waals surface area contributed by atoms with Crippen molar-refractivity contribution in [1.82, 2.24) is 5.32 Å². The van der Waals surface area contributed by atoms with Gasteiger partial charge in [0, 0.05) is 25.2 Å². The molecule has 152 valence electrons. The summed E-state index contributed by atoms with van der Waals surface area (Å²) in [5, 5.41) is 2.91. The number of anilines is 1. The average Bonchev–Trinajstić information content (AvgIpc) is 2.81. The third-order valence-corrected chi connectivity index (χ3v) is 4.68. The van der Waals surface area contributed by atoms with E-state index in [-0.39, 0.29) is 11.8 Å². The van der Waals surface area contributed by atoms with Crippen LogP contribution in [0.1, 0.15) is 21.5 Å². The van der Waals surface area contributed by atoms with Crippen LogP contribution in [0.5, 0.6) is 5.75 Å². The summed E-state index contributed by atoms with van der Waals surface area (Å²) in [6.45, 7) is 0.416. The first kappa shape index (κ1) is 20.9. The van der Waals surface area contributed by atoms with Gasteiger partial charge in [-0.1, -0.05) is 60.7 Å². The molecule has 5 nitrogen and oxygen atoms in total. The number of benzene rings is 3. The van der Waals surface area contributed by atoms with Gasteiger partial charge < -0.3 is 15.0 Å². The number of carbonyl (C=O) groups is 2. The SMILES string of the molecule is COc1ccccc1C=CC(=O)N(C)c1ccccc1C(=O)NCc1ccccc1. The maximum absolute atomic E-state index is 12.7. The van der Waals surface area contributed by atoms with Crippen molar-refractivity contribution >= 4 is 23.6 Å². The van der Waals surface area contributed by atoms with Crippen molar-refractivity contribution in [3.8, 4) is 5.75 Å². The summed E-state index contributed by atoms with van der Waals surface area (Å²) in [6, 6.07) is 24.2. The Morgan fingerprint density at radius 1 is 0.933 bits per heavy atom. The fourth-order valence-corrected chi connectivity index (χ4v) is 3.03.